The van der Waals surface area contributed by atoms with Crippen molar-refractivity contribution < 1.29 is 14.4 Å². The molecule has 16 heavy (non-hydrogen) atoms. The molecule has 4 heteroatoms. The van der Waals surface area contributed by atoms with Crippen molar-refractivity contribution in [1.82, 2.24) is 0 Å². The summed E-state index contributed by atoms with van der Waals surface area (Å²) in [6.45, 7) is 2.95. The summed E-state index contributed by atoms with van der Waals surface area (Å²) in [5, 5.41) is 8.43. The zero-order chi connectivity index (χ0) is 11.6. The second-order valence-corrected chi connectivity index (χ2v) is 3.60. The molecule has 1 aromatic carbocycles. The normalized spacial score (nSPS) is 9.88. The molecule has 0 saturated heterocycles. The van der Waals surface area contributed by atoms with E-state index in [1.807, 2.05) is 12.1 Å². The van der Waals surface area contributed by atoms with E-state index >= 15 is 0 Å². The van der Waals surface area contributed by atoms with E-state index in [4.69, 9.17) is 14.4 Å². The number of ether oxygens (including phenoxy) is 1. The van der Waals surface area contributed by atoms with Gasteiger partial charge in [-0.3, -0.25) is 0 Å². The number of hydrogen-bond donors (Lipinski definition) is 1. The van der Waals surface area contributed by atoms with Crippen LogP contribution >= 0.6 is 0 Å². The summed E-state index contributed by atoms with van der Waals surface area (Å²) in [6, 6.07) is 7.18. The molecule has 0 saturated carbocycles. The highest BCUT2D eigenvalue weighted by atomic mass is 16.5. The lowest BCUT2D eigenvalue weighted by Crippen LogP contribution is -2.00. The summed E-state index contributed by atoms with van der Waals surface area (Å²) >= 11 is 0. The van der Waals surface area contributed by atoms with Gasteiger partial charge in [-0.2, -0.15) is 0 Å². The second kappa shape index (κ2) is 8.05. The van der Waals surface area contributed by atoms with Crippen molar-refractivity contribution in [3.05, 3.63) is 24.3 Å². The molecule has 0 aliphatic rings. The van der Waals surface area contributed by atoms with Crippen LogP contribution in [0.2, 0.25) is 0 Å². The van der Waals surface area contributed by atoms with Crippen molar-refractivity contribution in [3.63, 3.8) is 0 Å². The molecule has 1 radical (unpaired) electrons. The van der Waals surface area contributed by atoms with E-state index in [0.717, 1.165) is 18.8 Å². The molecule has 0 unspecified atom stereocenters. The first-order valence-electron chi connectivity index (χ1n) is 5.72. The Morgan fingerprint density at radius 2 is 1.75 bits per heavy atom. The predicted molar refractivity (Wildman–Crippen MR) is 64.7 cm³/mol. The first-order valence-corrected chi connectivity index (χ1v) is 5.72. The molecule has 87 valence electrons. The molecule has 0 aromatic heterocycles. The Labute approximate surface area is 97.7 Å². The van der Waals surface area contributed by atoms with E-state index in [2.05, 4.69) is 6.92 Å². The summed E-state index contributed by atoms with van der Waals surface area (Å²) in [4.78, 5) is 0. The first kappa shape index (κ1) is 12.9. The van der Waals surface area contributed by atoms with Crippen LogP contribution in [0.25, 0.3) is 0 Å². The van der Waals surface area contributed by atoms with E-state index in [1.54, 1.807) is 12.1 Å². The lowest BCUT2D eigenvalue weighted by Gasteiger charge is -2.07. The minimum absolute atomic E-state index is 0.598. The largest absolute Gasteiger partial charge is 0.569 e. The van der Waals surface area contributed by atoms with Crippen LogP contribution in [0.3, 0.4) is 0 Å². The minimum atomic E-state index is 0.598. The Kier molecular flexibility index (Phi) is 6.50. The number of benzene rings is 1. The zero-order valence-corrected chi connectivity index (χ0v) is 9.69. The molecule has 0 heterocycles. The van der Waals surface area contributed by atoms with E-state index in [-0.39, 0.29) is 0 Å². The van der Waals surface area contributed by atoms with Gasteiger partial charge in [0.1, 0.15) is 11.5 Å². The van der Waals surface area contributed by atoms with Gasteiger partial charge in [-0.25, -0.2) is 0 Å². The maximum absolute atomic E-state index is 8.43. The third kappa shape index (κ3) is 5.07. The molecular formula is C12H18BO3. The summed E-state index contributed by atoms with van der Waals surface area (Å²) in [5.41, 5.74) is 0. The zero-order valence-electron chi connectivity index (χ0n) is 9.69. The summed E-state index contributed by atoms with van der Waals surface area (Å²) in [6.07, 6.45) is 4.82. The maximum Gasteiger partial charge on any atom is 0.569 e. The monoisotopic (exact) mass is 221 g/mol. The molecule has 1 aromatic rings. The Morgan fingerprint density at radius 3 is 2.38 bits per heavy atom. The van der Waals surface area contributed by atoms with Gasteiger partial charge in [0.2, 0.25) is 0 Å². The third-order valence-corrected chi connectivity index (χ3v) is 2.28. The average Bonchev–Trinajstić information content (AvgIpc) is 2.31. The van der Waals surface area contributed by atoms with Gasteiger partial charge in [0.25, 0.3) is 0 Å². The molecule has 1 rings (SSSR count). The van der Waals surface area contributed by atoms with Gasteiger partial charge in [-0.15, -0.1) is 0 Å². The van der Waals surface area contributed by atoms with Crippen LogP contribution in [0.1, 0.15) is 32.6 Å². The fourth-order valence-electron chi connectivity index (χ4n) is 1.39. The van der Waals surface area contributed by atoms with E-state index < -0.39 is 0 Å². The summed E-state index contributed by atoms with van der Waals surface area (Å²) < 4.78 is 10.4. The van der Waals surface area contributed by atoms with Crippen LogP contribution < -0.4 is 9.39 Å². The number of hydrogen-bond acceptors (Lipinski definition) is 3. The molecule has 0 fully saturated rings. The van der Waals surface area contributed by atoms with Gasteiger partial charge in [0.15, 0.2) is 0 Å². The number of rotatable bonds is 8. The van der Waals surface area contributed by atoms with Gasteiger partial charge < -0.3 is 14.4 Å². The van der Waals surface area contributed by atoms with Crippen molar-refractivity contribution in [2.75, 3.05) is 6.61 Å². The molecule has 0 spiro atoms. The van der Waals surface area contributed by atoms with Crippen LogP contribution in [-0.2, 0) is 0 Å². The second-order valence-electron chi connectivity index (χ2n) is 3.60. The van der Waals surface area contributed by atoms with Crippen LogP contribution in [0.5, 0.6) is 11.5 Å². The highest BCUT2D eigenvalue weighted by Gasteiger charge is 1.96. The standard InChI is InChI=1S/C12H18BO3/c1-2-3-4-5-10-15-11-6-8-12(9-7-11)16-13-14/h6-9,14H,2-5,10H2,1H3. The van der Waals surface area contributed by atoms with Gasteiger partial charge in [-0.1, -0.05) is 26.2 Å². The van der Waals surface area contributed by atoms with Crippen LogP contribution in [0.15, 0.2) is 24.3 Å². The SMILES string of the molecule is CCCCCCOc1ccc(O[B]O)cc1. The number of unbranched alkanes of at least 4 members (excludes halogenated alkanes) is 3. The summed E-state index contributed by atoms with van der Waals surface area (Å²) in [7, 11) is 0.667. The molecule has 0 bridgehead atoms. The van der Waals surface area contributed by atoms with E-state index in [9.17, 15) is 0 Å². The van der Waals surface area contributed by atoms with Crippen LogP contribution in [0.4, 0.5) is 0 Å². The van der Waals surface area contributed by atoms with Crippen LogP contribution in [-0.4, -0.2) is 19.3 Å². The van der Waals surface area contributed by atoms with Crippen molar-refractivity contribution in [2.45, 2.75) is 32.6 Å². The quantitative estimate of drug-likeness (QED) is 0.541. The molecule has 0 atom stereocenters. The summed E-state index contributed by atoms with van der Waals surface area (Å²) in [5.74, 6) is 1.43. The smallest absolute Gasteiger partial charge is 0.537 e. The van der Waals surface area contributed by atoms with E-state index in [0.29, 0.717) is 13.4 Å². The van der Waals surface area contributed by atoms with Gasteiger partial charge in [0.05, 0.1) is 6.61 Å². The maximum atomic E-state index is 8.43. The fraction of sp³-hybridized carbons (Fsp3) is 0.500. The average molecular weight is 221 g/mol. The van der Waals surface area contributed by atoms with Crippen molar-refractivity contribution >= 4 is 7.69 Å². The lowest BCUT2D eigenvalue weighted by molar-refractivity contribution is 0.304. The molecule has 3 nitrogen and oxygen atoms in total. The van der Waals surface area contributed by atoms with Crippen molar-refractivity contribution in [1.29, 1.82) is 0 Å². The molecule has 1 N–H and O–H groups in total. The molecule has 0 amide bonds. The first-order chi connectivity index (χ1) is 7.86. The highest BCUT2D eigenvalue weighted by molar-refractivity contribution is 6.17. The topological polar surface area (TPSA) is 38.7 Å². The third-order valence-electron chi connectivity index (χ3n) is 2.28. The minimum Gasteiger partial charge on any atom is -0.537 e. The Hall–Kier alpha value is -1.16. The highest BCUT2D eigenvalue weighted by Crippen LogP contribution is 2.17. The predicted octanol–water partition coefficient (Wildman–Crippen LogP) is 2.55. The lowest BCUT2D eigenvalue weighted by atomic mass is 10.2. The van der Waals surface area contributed by atoms with Crippen LogP contribution in [0, 0.1) is 0 Å². The molecular weight excluding hydrogens is 203 g/mol. The molecule has 0 aliphatic carbocycles. The van der Waals surface area contributed by atoms with Gasteiger partial charge in [-0.05, 0) is 30.7 Å². The fourth-order valence-corrected chi connectivity index (χ4v) is 1.39. The van der Waals surface area contributed by atoms with Crippen molar-refractivity contribution in [2.24, 2.45) is 0 Å². The van der Waals surface area contributed by atoms with Crippen molar-refractivity contribution in [3.8, 4) is 11.5 Å². The Balaban J connectivity index is 2.21. The molecule has 0 aliphatic heterocycles. The van der Waals surface area contributed by atoms with E-state index in [1.165, 1.54) is 19.3 Å². The Bertz CT molecular complexity index is 274. The Morgan fingerprint density at radius 1 is 1.06 bits per heavy atom. The van der Waals surface area contributed by atoms with Gasteiger partial charge in [0, 0.05) is 0 Å². The van der Waals surface area contributed by atoms with Gasteiger partial charge >= 0.3 is 7.69 Å².